The number of thiazole rings is 1. The number of aromatic nitrogens is 1. The summed E-state index contributed by atoms with van der Waals surface area (Å²) < 4.78 is 0. The molecule has 0 N–H and O–H groups in total. The van der Waals surface area contributed by atoms with Crippen LogP contribution in [0.25, 0.3) is 0 Å². The van der Waals surface area contributed by atoms with Crippen LogP contribution in [0.1, 0.15) is 30.7 Å². The highest BCUT2D eigenvalue weighted by Crippen LogP contribution is 2.39. The van der Waals surface area contributed by atoms with Crippen molar-refractivity contribution in [1.82, 2.24) is 4.98 Å². The van der Waals surface area contributed by atoms with Crippen LogP contribution >= 0.6 is 11.3 Å². The van der Waals surface area contributed by atoms with Crippen molar-refractivity contribution >= 4 is 17.6 Å². The highest BCUT2D eigenvalue weighted by Gasteiger charge is 2.34. The summed E-state index contributed by atoms with van der Waals surface area (Å²) in [4.78, 5) is 15.3. The molecular weight excluding hydrogens is 182 g/mol. The van der Waals surface area contributed by atoms with E-state index in [0.717, 1.165) is 30.6 Å². The van der Waals surface area contributed by atoms with E-state index in [-0.39, 0.29) is 5.41 Å². The molecule has 1 aromatic rings. The maximum absolute atomic E-state index is 11.0. The Morgan fingerprint density at radius 2 is 2.31 bits per heavy atom. The van der Waals surface area contributed by atoms with Gasteiger partial charge < -0.3 is 4.79 Å². The van der Waals surface area contributed by atoms with Gasteiger partial charge in [-0.2, -0.15) is 0 Å². The van der Waals surface area contributed by atoms with Crippen LogP contribution in [0.4, 0.5) is 0 Å². The second-order valence-electron chi connectivity index (χ2n) is 3.79. The number of carbonyl (C=O) groups excluding carboxylic acids is 1. The van der Waals surface area contributed by atoms with Crippen molar-refractivity contribution in [3.8, 4) is 0 Å². The van der Waals surface area contributed by atoms with E-state index in [0.29, 0.717) is 0 Å². The SMILES string of the molecule is O=CC1(Cc2nccs2)CCCC1. The highest BCUT2D eigenvalue weighted by molar-refractivity contribution is 7.09. The van der Waals surface area contributed by atoms with Gasteiger partial charge in [0.25, 0.3) is 0 Å². The monoisotopic (exact) mass is 195 g/mol. The molecule has 0 atom stereocenters. The molecule has 1 aliphatic carbocycles. The van der Waals surface area contributed by atoms with Crippen LogP contribution in [0.5, 0.6) is 0 Å². The van der Waals surface area contributed by atoms with Crippen LogP contribution in [0.15, 0.2) is 11.6 Å². The molecule has 3 heteroatoms. The van der Waals surface area contributed by atoms with Crippen molar-refractivity contribution in [2.45, 2.75) is 32.1 Å². The largest absolute Gasteiger partial charge is 0.303 e. The van der Waals surface area contributed by atoms with Gasteiger partial charge in [0.2, 0.25) is 0 Å². The summed E-state index contributed by atoms with van der Waals surface area (Å²) >= 11 is 1.65. The predicted octanol–water partition coefficient (Wildman–Crippen LogP) is 2.44. The predicted molar refractivity (Wildman–Crippen MR) is 52.8 cm³/mol. The molecule has 2 nitrogen and oxygen atoms in total. The van der Waals surface area contributed by atoms with Gasteiger partial charge in [-0.1, -0.05) is 12.8 Å². The second kappa shape index (κ2) is 3.58. The molecule has 0 radical (unpaired) electrons. The molecule has 0 bridgehead atoms. The molecule has 1 aliphatic rings. The van der Waals surface area contributed by atoms with Gasteiger partial charge >= 0.3 is 0 Å². The molecule has 1 heterocycles. The van der Waals surface area contributed by atoms with E-state index in [1.54, 1.807) is 11.3 Å². The Morgan fingerprint density at radius 1 is 1.54 bits per heavy atom. The first-order valence-electron chi connectivity index (χ1n) is 4.69. The fourth-order valence-electron chi connectivity index (χ4n) is 2.06. The van der Waals surface area contributed by atoms with Crippen LogP contribution in [-0.2, 0) is 11.2 Å². The smallest absolute Gasteiger partial charge is 0.126 e. The maximum atomic E-state index is 11.0. The first-order valence-corrected chi connectivity index (χ1v) is 5.57. The first-order chi connectivity index (χ1) is 6.35. The van der Waals surface area contributed by atoms with Crippen molar-refractivity contribution in [3.05, 3.63) is 16.6 Å². The second-order valence-corrected chi connectivity index (χ2v) is 4.77. The van der Waals surface area contributed by atoms with E-state index in [4.69, 9.17) is 0 Å². The lowest BCUT2D eigenvalue weighted by Gasteiger charge is -2.19. The van der Waals surface area contributed by atoms with E-state index < -0.39 is 0 Å². The van der Waals surface area contributed by atoms with E-state index in [1.807, 2.05) is 11.6 Å². The van der Waals surface area contributed by atoms with Crippen LogP contribution < -0.4 is 0 Å². The van der Waals surface area contributed by atoms with Crippen molar-refractivity contribution in [2.75, 3.05) is 0 Å². The van der Waals surface area contributed by atoms with Crippen molar-refractivity contribution in [3.63, 3.8) is 0 Å². The number of aldehydes is 1. The summed E-state index contributed by atoms with van der Waals surface area (Å²) in [7, 11) is 0. The molecule has 1 aromatic heterocycles. The van der Waals surface area contributed by atoms with Gasteiger partial charge in [0, 0.05) is 23.4 Å². The quantitative estimate of drug-likeness (QED) is 0.693. The summed E-state index contributed by atoms with van der Waals surface area (Å²) in [6.07, 6.45) is 8.32. The van der Waals surface area contributed by atoms with Gasteiger partial charge in [-0.15, -0.1) is 11.3 Å². The molecule has 1 fully saturated rings. The standard InChI is InChI=1S/C10H13NOS/c12-8-10(3-1-2-4-10)7-9-11-5-6-13-9/h5-6,8H,1-4,7H2. The van der Waals surface area contributed by atoms with Gasteiger partial charge in [-0.3, -0.25) is 0 Å². The topological polar surface area (TPSA) is 30.0 Å². The Labute approximate surface area is 82.0 Å². The Bertz CT molecular complexity index is 275. The molecule has 2 rings (SSSR count). The Kier molecular flexibility index (Phi) is 2.44. The molecule has 0 aromatic carbocycles. The van der Waals surface area contributed by atoms with Crippen molar-refractivity contribution in [1.29, 1.82) is 0 Å². The zero-order valence-electron chi connectivity index (χ0n) is 7.53. The fourth-order valence-corrected chi connectivity index (χ4v) is 2.83. The van der Waals surface area contributed by atoms with E-state index >= 15 is 0 Å². The lowest BCUT2D eigenvalue weighted by molar-refractivity contribution is -0.115. The average Bonchev–Trinajstić information content (AvgIpc) is 2.77. The maximum Gasteiger partial charge on any atom is 0.126 e. The highest BCUT2D eigenvalue weighted by atomic mass is 32.1. The van der Waals surface area contributed by atoms with Crippen LogP contribution in [0, 0.1) is 5.41 Å². The van der Waals surface area contributed by atoms with E-state index in [1.165, 1.54) is 12.8 Å². The minimum absolute atomic E-state index is 0.0716. The lowest BCUT2D eigenvalue weighted by atomic mass is 9.85. The third kappa shape index (κ3) is 1.80. The lowest BCUT2D eigenvalue weighted by Crippen LogP contribution is -2.21. The van der Waals surface area contributed by atoms with Gasteiger partial charge in [-0.25, -0.2) is 4.98 Å². The fraction of sp³-hybridized carbons (Fsp3) is 0.600. The molecule has 0 aliphatic heterocycles. The molecule has 70 valence electrons. The number of rotatable bonds is 3. The van der Waals surface area contributed by atoms with Crippen LogP contribution in [0.3, 0.4) is 0 Å². The van der Waals surface area contributed by atoms with Crippen LogP contribution in [-0.4, -0.2) is 11.3 Å². The molecule has 1 saturated carbocycles. The summed E-state index contributed by atoms with van der Waals surface area (Å²) in [6, 6.07) is 0. The minimum atomic E-state index is -0.0716. The van der Waals surface area contributed by atoms with Gasteiger partial charge in [0.05, 0.1) is 5.01 Å². The van der Waals surface area contributed by atoms with Crippen molar-refractivity contribution in [2.24, 2.45) is 5.41 Å². The number of nitrogens with zero attached hydrogens (tertiary/aromatic N) is 1. The van der Waals surface area contributed by atoms with E-state index in [9.17, 15) is 4.79 Å². The summed E-state index contributed by atoms with van der Waals surface area (Å²) in [5, 5.41) is 3.08. The number of hydrogen-bond donors (Lipinski definition) is 0. The van der Waals surface area contributed by atoms with Gasteiger partial charge in [-0.05, 0) is 12.8 Å². The molecule has 0 spiro atoms. The van der Waals surface area contributed by atoms with Crippen LogP contribution in [0.2, 0.25) is 0 Å². The van der Waals surface area contributed by atoms with Gasteiger partial charge in [0.15, 0.2) is 0 Å². The zero-order chi connectivity index (χ0) is 9.15. The third-order valence-corrected chi connectivity index (χ3v) is 3.62. The number of carbonyl (C=O) groups is 1. The molecule has 0 unspecified atom stereocenters. The van der Waals surface area contributed by atoms with E-state index in [2.05, 4.69) is 4.98 Å². The Morgan fingerprint density at radius 3 is 2.85 bits per heavy atom. The molecule has 13 heavy (non-hydrogen) atoms. The Balaban J connectivity index is 2.10. The summed E-state index contributed by atoms with van der Waals surface area (Å²) in [6.45, 7) is 0. The molecule has 0 saturated heterocycles. The minimum Gasteiger partial charge on any atom is -0.303 e. The average molecular weight is 195 g/mol. The Hall–Kier alpha value is -0.700. The third-order valence-electron chi connectivity index (χ3n) is 2.84. The number of hydrogen-bond acceptors (Lipinski definition) is 3. The normalized spacial score (nSPS) is 20.3. The van der Waals surface area contributed by atoms with Gasteiger partial charge in [0.1, 0.15) is 6.29 Å². The summed E-state index contributed by atoms with van der Waals surface area (Å²) in [5.41, 5.74) is -0.0716. The molecular formula is C10H13NOS. The first kappa shape index (κ1) is 8.88. The molecule has 0 amide bonds. The van der Waals surface area contributed by atoms with Crippen molar-refractivity contribution < 1.29 is 4.79 Å². The zero-order valence-corrected chi connectivity index (χ0v) is 8.35. The summed E-state index contributed by atoms with van der Waals surface area (Å²) in [5.74, 6) is 0.